The number of carbonyl (C=O) groups excluding carboxylic acids is 1. The Bertz CT molecular complexity index is 708. The molecule has 0 spiro atoms. The van der Waals surface area contributed by atoms with Gasteiger partial charge in [-0.1, -0.05) is 18.2 Å². The van der Waals surface area contributed by atoms with Crippen LogP contribution in [-0.4, -0.2) is 31.6 Å². The van der Waals surface area contributed by atoms with Crippen molar-refractivity contribution in [3.63, 3.8) is 0 Å². The van der Waals surface area contributed by atoms with Crippen LogP contribution in [0.5, 0.6) is 11.5 Å². The van der Waals surface area contributed by atoms with Crippen molar-refractivity contribution < 1.29 is 18.7 Å². The van der Waals surface area contributed by atoms with Crippen LogP contribution in [0.25, 0.3) is 0 Å². The second-order valence-electron chi connectivity index (χ2n) is 5.75. The van der Waals surface area contributed by atoms with Gasteiger partial charge < -0.3 is 14.4 Å². The molecule has 1 heterocycles. The smallest absolute Gasteiger partial charge is 0.261 e. The number of amides is 1. The maximum atomic E-state index is 13.2. The van der Waals surface area contributed by atoms with Crippen LogP contribution in [0.1, 0.15) is 34.8 Å². The minimum absolute atomic E-state index is 0.0623. The van der Waals surface area contributed by atoms with Gasteiger partial charge in [0, 0.05) is 6.54 Å². The zero-order valence-electron chi connectivity index (χ0n) is 13.8. The molecular weight excluding hydrogens is 309 g/mol. The second kappa shape index (κ2) is 6.91. The monoisotopic (exact) mass is 329 g/mol. The highest BCUT2D eigenvalue weighted by Crippen LogP contribution is 2.37. The third-order valence-electron chi connectivity index (χ3n) is 4.41. The molecular formula is C19H20FNO3. The number of nitrogens with zero attached hydrogens (tertiary/aromatic N) is 1. The van der Waals surface area contributed by atoms with Crippen LogP contribution in [0.15, 0.2) is 42.5 Å². The lowest BCUT2D eigenvalue weighted by Crippen LogP contribution is -2.31. The molecule has 2 aromatic carbocycles. The number of hydrogen-bond acceptors (Lipinski definition) is 3. The predicted molar refractivity (Wildman–Crippen MR) is 89.0 cm³/mol. The molecule has 1 aliphatic rings. The molecule has 3 rings (SSSR count). The molecule has 0 saturated carbocycles. The van der Waals surface area contributed by atoms with Crippen molar-refractivity contribution in [1.82, 2.24) is 4.90 Å². The Labute approximate surface area is 140 Å². The Morgan fingerprint density at radius 2 is 1.71 bits per heavy atom. The molecule has 4 nitrogen and oxygen atoms in total. The van der Waals surface area contributed by atoms with Gasteiger partial charge in [0.2, 0.25) is 0 Å². The Morgan fingerprint density at radius 3 is 2.29 bits per heavy atom. The standard InChI is InChI=1S/C19H20FNO3/c1-23-16-6-3-7-17(24-2)18(16)19(22)21-12-4-5-15(21)13-8-10-14(20)11-9-13/h3,6-11,15H,4-5,12H2,1-2H3/t15-/m0/s1. The third-order valence-corrected chi connectivity index (χ3v) is 4.41. The lowest BCUT2D eigenvalue weighted by atomic mass is 10.0. The summed E-state index contributed by atoms with van der Waals surface area (Å²) in [5.74, 6) is 0.574. The molecule has 0 bridgehead atoms. The average molecular weight is 329 g/mol. The van der Waals surface area contributed by atoms with Crippen LogP contribution in [0, 0.1) is 5.82 Å². The Morgan fingerprint density at radius 1 is 1.08 bits per heavy atom. The Balaban J connectivity index is 1.96. The number of carbonyl (C=O) groups is 1. The van der Waals surface area contributed by atoms with Gasteiger partial charge in [-0.25, -0.2) is 4.39 Å². The van der Waals surface area contributed by atoms with E-state index in [2.05, 4.69) is 0 Å². The number of halogens is 1. The van der Waals surface area contributed by atoms with E-state index in [1.165, 1.54) is 26.4 Å². The van der Waals surface area contributed by atoms with E-state index in [4.69, 9.17) is 9.47 Å². The molecule has 0 N–H and O–H groups in total. The first-order valence-electron chi connectivity index (χ1n) is 7.93. The van der Waals surface area contributed by atoms with E-state index < -0.39 is 0 Å². The third kappa shape index (κ3) is 2.94. The topological polar surface area (TPSA) is 38.8 Å². The maximum absolute atomic E-state index is 13.2. The number of hydrogen-bond donors (Lipinski definition) is 0. The van der Waals surface area contributed by atoms with Crippen molar-refractivity contribution in [2.24, 2.45) is 0 Å². The normalized spacial score (nSPS) is 17.0. The van der Waals surface area contributed by atoms with E-state index in [9.17, 15) is 9.18 Å². The molecule has 5 heteroatoms. The van der Waals surface area contributed by atoms with Gasteiger partial charge >= 0.3 is 0 Å². The molecule has 0 aromatic heterocycles. The molecule has 0 radical (unpaired) electrons. The van der Waals surface area contributed by atoms with Gasteiger partial charge in [-0.2, -0.15) is 0 Å². The molecule has 1 amide bonds. The highest BCUT2D eigenvalue weighted by atomic mass is 19.1. The van der Waals surface area contributed by atoms with Gasteiger partial charge in [0.05, 0.1) is 20.3 Å². The number of methoxy groups -OCH3 is 2. The summed E-state index contributed by atoms with van der Waals surface area (Å²) in [6.45, 7) is 0.655. The number of likely N-dealkylation sites (tertiary alicyclic amines) is 1. The highest BCUT2D eigenvalue weighted by Gasteiger charge is 2.33. The van der Waals surface area contributed by atoms with Gasteiger partial charge in [0.15, 0.2) is 0 Å². The fourth-order valence-corrected chi connectivity index (χ4v) is 3.25. The van der Waals surface area contributed by atoms with Crippen molar-refractivity contribution in [1.29, 1.82) is 0 Å². The molecule has 2 aromatic rings. The first-order valence-corrected chi connectivity index (χ1v) is 7.93. The van der Waals surface area contributed by atoms with Gasteiger partial charge in [0.25, 0.3) is 5.91 Å². The fourth-order valence-electron chi connectivity index (χ4n) is 3.25. The van der Waals surface area contributed by atoms with Crippen molar-refractivity contribution in [2.75, 3.05) is 20.8 Å². The van der Waals surface area contributed by atoms with Crippen molar-refractivity contribution in [3.05, 3.63) is 59.4 Å². The van der Waals surface area contributed by atoms with Crippen molar-refractivity contribution >= 4 is 5.91 Å². The lowest BCUT2D eigenvalue weighted by molar-refractivity contribution is 0.0728. The molecule has 0 aliphatic carbocycles. The maximum Gasteiger partial charge on any atom is 0.261 e. The quantitative estimate of drug-likeness (QED) is 0.856. The minimum atomic E-state index is -0.277. The molecule has 126 valence electrons. The lowest BCUT2D eigenvalue weighted by Gasteiger charge is -2.26. The Hall–Kier alpha value is -2.56. The highest BCUT2D eigenvalue weighted by molar-refractivity contribution is 6.00. The van der Waals surface area contributed by atoms with Crippen LogP contribution in [-0.2, 0) is 0 Å². The molecule has 1 fully saturated rings. The molecule has 24 heavy (non-hydrogen) atoms. The van der Waals surface area contributed by atoms with Crippen LogP contribution >= 0.6 is 0 Å². The summed E-state index contributed by atoms with van der Waals surface area (Å²) >= 11 is 0. The first-order chi connectivity index (χ1) is 11.7. The van der Waals surface area contributed by atoms with Crippen molar-refractivity contribution in [3.8, 4) is 11.5 Å². The average Bonchev–Trinajstić information content (AvgIpc) is 3.10. The van der Waals surface area contributed by atoms with E-state index in [0.29, 0.717) is 23.6 Å². The SMILES string of the molecule is COc1cccc(OC)c1C(=O)N1CCC[C@H]1c1ccc(F)cc1. The summed E-state index contributed by atoms with van der Waals surface area (Å²) in [4.78, 5) is 15.0. The zero-order valence-corrected chi connectivity index (χ0v) is 13.8. The van der Waals surface area contributed by atoms with Crippen LogP contribution in [0.4, 0.5) is 4.39 Å². The summed E-state index contributed by atoms with van der Waals surface area (Å²) in [5, 5.41) is 0. The number of rotatable bonds is 4. The zero-order chi connectivity index (χ0) is 17.1. The van der Waals surface area contributed by atoms with E-state index in [0.717, 1.165) is 18.4 Å². The van der Waals surface area contributed by atoms with E-state index >= 15 is 0 Å². The van der Waals surface area contributed by atoms with Crippen molar-refractivity contribution in [2.45, 2.75) is 18.9 Å². The minimum Gasteiger partial charge on any atom is -0.496 e. The number of benzene rings is 2. The molecule has 1 saturated heterocycles. The second-order valence-corrected chi connectivity index (χ2v) is 5.75. The molecule has 0 unspecified atom stereocenters. The largest absolute Gasteiger partial charge is 0.496 e. The van der Waals surface area contributed by atoms with Crippen LogP contribution < -0.4 is 9.47 Å². The van der Waals surface area contributed by atoms with Gasteiger partial charge in [0.1, 0.15) is 22.9 Å². The summed E-state index contributed by atoms with van der Waals surface area (Å²) < 4.78 is 23.9. The molecule has 1 atom stereocenters. The van der Waals surface area contributed by atoms with E-state index in [1.807, 2.05) is 4.90 Å². The summed E-state index contributed by atoms with van der Waals surface area (Å²) in [6, 6.07) is 11.6. The Kier molecular flexibility index (Phi) is 4.69. The van der Waals surface area contributed by atoms with Gasteiger partial charge in [-0.3, -0.25) is 4.79 Å². The van der Waals surface area contributed by atoms with E-state index in [-0.39, 0.29) is 17.8 Å². The van der Waals surface area contributed by atoms with Crippen LogP contribution in [0.2, 0.25) is 0 Å². The summed E-state index contributed by atoms with van der Waals surface area (Å²) in [7, 11) is 3.07. The first kappa shape index (κ1) is 16.3. The van der Waals surface area contributed by atoms with Crippen LogP contribution in [0.3, 0.4) is 0 Å². The van der Waals surface area contributed by atoms with Gasteiger partial charge in [-0.15, -0.1) is 0 Å². The fraction of sp³-hybridized carbons (Fsp3) is 0.316. The summed E-state index contributed by atoms with van der Waals surface area (Å²) in [6.07, 6.45) is 1.76. The van der Waals surface area contributed by atoms with Gasteiger partial charge in [-0.05, 0) is 42.7 Å². The summed E-state index contributed by atoms with van der Waals surface area (Å²) in [5.41, 5.74) is 1.37. The van der Waals surface area contributed by atoms with E-state index in [1.54, 1.807) is 30.3 Å². The molecule has 1 aliphatic heterocycles. The predicted octanol–water partition coefficient (Wildman–Crippen LogP) is 3.82. The number of ether oxygens (including phenoxy) is 2.